The standard InChI is InChI=1S/C16H14ClNO5/c1-6-3-8-12(10-5-11(16(19)20)23-18-10)14-9(4-7(2)21-14)13(17)15(8)22-6/h5-7H,3-4H2,1-2H3,(H,19,20). The van der Waals surface area contributed by atoms with E-state index in [4.69, 9.17) is 30.7 Å². The maximum absolute atomic E-state index is 11.1. The van der Waals surface area contributed by atoms with Gasteiger partial charge in [-0.25, -0.2) is 4.79 Å². The molecule has 0 spiro atoms. The zero-order chi connectivity index (χ0) is 16.3. The molecular formula is C16H14ClNO5. The van der Waals surface area contributed by atoms with Gasteiger partial charge in [0.2, 0.25) is 5.76 Å². The van der Waals surface area contributed by atoms with E-state index in [0.717, 1.165) is 16.7 Å². The number of nitrogens with zero attached hydrogens (tertiary/aromatic N) is 1. The molecule has 1 N–H and O–H groups in total. The van der Waals surface area contributed by atoms with Gasteiger partial charge in [-0.05, 0) is 13.8 Å². The molecule has 6 nitrogen and oxygen atoms in total. The zero-order valence-corrected chi connectivity index (χ0v) is 13.3. The molecule has 1 aromatic carbocycles. The van der Waals surface area contributed by atoms with Gasteiger partial charge in [-0.15, -0.1) is 0 Å². The van der Waals surface area contributed by atoms with Crippen LogP contribution in [0.1, 0.15) is 35.5 Å². The normalized spacial score (nSPS) is 21.5. The topological polar surface area (TPSA) is 81.8 Å². The highest BCUT2D eigenvalue weighted by Crippen LogP contribution is 2.52. The Balaban J connectivity index is 1.97. The molecule has 2 aromatic rings. The number of hydrogen-bond acceptors (Lipinski definition) is 5. The number of benzene rings is 1. The lowest BCUT2D eigenvalue weighted by Crippen LogP contribution is -2.07. The number of carboxylic acid groups (broad SMARTS) is 1. The van der Waals surface area contributed by atoms with Crippen molar-refractivity contribution >= 4 is 17.6 Å². The third-order valence-corrected chi connectivity index (χ3v) is 4.54. The predicted octanol–water partition coefficient (Wildman–Crippen LogP) is 3.34. The maximum atomic E-state index is 11.1. The number of aromatic nitrogens is 1. The fourth-order valence-corrected chi connectivity index (χ4v) is 3.55. The zero-order valence-electron chi connectivity index (χ0n) is 12.6. The number of ether oxygens (including phenoxy) is 2. The number of carboxylic acids is 1. The van der Waals surface area contributed by atoms with Crippen LogP contribution >= 0.6 is 11.6 Å². The summed E-state index contributed by atoms with van der Waals surface area (Å²) in [4.78, 5) is 11.1. The Labute approximate surface area is 136 Å². The fourth-order valence-electron chi connectivity index (χ4n) is 3.23. The van der Waals surface area contributed by atoms with Crippen LogP contribution in [0.2, 0.25) is 5.02 Å². The number of halogens is 1. The Bertz CT molecular complexity index is 789. The van der Waals surface area contributed by atoms with Gasteiger partial charge < -0.3 is 19.1 Å². The minimum absolute atomic E-state index is 0.00737. The van der Waals surface area contributed by atoms with Crippen molar-refractivity contribution < 1.29 is 23.9 Å². The first-order valence-electron chi connectivity index (χ1n) is 7.36. The Morgan fingerprint density at radius 1 is 1.22 bits per heavy atom. The SMILES string of the molecule is CC1Cc2c(c(Cl)c3c(c2-c2cc(C(=O)O)on2)OC(C)C3)O1. The fraction of sp³-hybridized carbons (Fsp3) is 0.375. The van der Waals surface area contributed by atoms with E-state index in [1.165, 1.54) is 6.07 Å². The van der Waals surface area contributed by atoms with E-state index in [1.807, 2.05) is 13.8 Å². The summed E-state index contributed by atoms with van der Waals surface area (Å²) in [6, 6.07) is 1.40. The lowest BCUT2D eigenvalue weighted by molar-refractivity contribution is 0.0652. The molecule has 0 saturated heterocycles. The summed E-state index contributed by atoms with van der Waals surface area (Å²) in [6.07, 6.45) is 1.32. The Morgan fingerprint density at radius 3 is 2.52 bits per heavy atom. The van der Waals surface area contributed by atoms with Crippen molar-refractivity contribution in [3.05, 3.63) is 28.0 Å². The van der Waals surface area contributed by atoms with Crippen molar-refractivity contribution in [2.24, 2.45) is 0 Å². The van der Waals surface area contributed by atoms with Gasteiger partial charge in [0, 0.05) is 30.0 Å². The average Bonchev–Trinajstić information content (AvgIpc) is 3.17. The number of aromatic carboxylic acids is 1. The van der Waals surface area contributed by atoms with Crippen LogP contribution in [0.3, 0.4) is 0 Å². The molecule has 4 rings (SSSR count). The maximum Gasteiger partial charge on any atom is 0.374 e. The first-order valence-corrected chi connectivity index (χ1v) is 7.74. The molecule has 0 radical (unpaired) electrons. The molecule has 0 aliphatic carbocycles. The molecule has 2 atom stereocenters. The third-order valence-electron chi connectivity index (χ3n) is 4.14. The average molecular weight is 336 g/mol. The van der Waals surface area contributed by atoms with Crippen molar-refractivity contribution in [3.63, 3.8) is 0 Å². The van der Waals surface area contributed by atoms with E-state index < -0.39 is 5.97 Å². The summed E-state index contributed by atoms with van der Waals surface area (Å²) in [5.74, 6) is -0.0740. The van der Waals surface area contributed by atoms with Gasteiger partial charge >= 0.3 is 5.97 Å². The van der Waals surface area contributed by atoms with Crippen molar-refractivity contribution in [2.75, 3.05) is 0 Å². The molecule has 0 fully saturated rings. The van der Waals surface area contributed by atoms with Crippen LogP contribution in [0.15, 0.2) is 10.6 Å². The molecule has 23 heavy (non-hydrogen) atoms. The van der Waals surface area contributed by atoms with Gasteiger partial charge in [-0.3, -0.25) is 0 Å². The highest BCUT2D eigenvalue weighted by Gasteiger charge is 2.36. The minimum Gasteiger partial charge on any atom is -0.489 e. The van der Waals surface area contributed by atoms with Crippen LogP contribution in [0.5, 0.6) is 11.5 Å². The smallest absolute Gasteiger partial charge is 0.374 e. The van der Waals surface area contributed by atoms with Crippen molar-refractivity contribution in [2.45, 2.75) is 38.9 Å². The Morgan fingerprint density at radius 2 is 1.87 bits per heavy atom. The second kappa shape index (κ2) is 4.89. The number of fused-ring (bicyclic) bond motifs is 2. The van der Waals surface area contributed by atoms with E-state index in [2.05, 4.69) is 5.16 Å². The van der Waals surface area contributed by atoms with Crippen molar-refractivity contribution in [1.82, 2.24) is 5.16 Å². The van der Waals surface area contributed by atoms with Crippen LogP contribution in [0.25, 0.3) is 11.3 Å². The first-order chi connectivity index (χ1) is 11.0. The summed E-state index contributed by atoms with van der Waals surface area (Å²) < 4.78 is 16.7. The van der Waals surface area contributed by atoms with Crippen LogP contribution in [0, 0.1) is 0 Å². The van der Waals surface area contributed by atoms with Crippen LogP contribution in [-0.2, 0) is 12.8 Å². The van der Waals surface area contributed by atoms with Gasteiger partial charge in [-0.2, -0.15) is 0 Å². The van der Waals surface area contributed by atoms with E-state index in [0.29, 0.717) is 35.1 Å². The molecule has 2 unspecified atom stereocenters. The Kier molecular flexibility index (Phi) is 3.06. The molecule has 2 aliphatic rings. The van der Waals surface area contributed by atoms with E-state index in [9.17, 15) is 4.79 Å². The van der Waals surface area contributed by atoms with Crippen molar-refractivity contribution in [1.29, 1.82) is 0 Å². The van der Waals surface area contributed by atoms with Gasteiger partial charge in [0.1, 0.15) is 29.4 Å². The molecule has 7 heteroatoms. The van der Waals surface area contributed by atoms with Gasteiger partial charge in [-0.1, -0.05) is 16.8 Å². The lowest BCUT2D eigenvalue weighted by Gasteiger charge is -2.13. The van der Waals surface area contributed by atoms with Crippen LogP contribution < -0.4 is 9.47 Å². The van der Waals surface area contributed by atoms with E-state index >= 15 is 0 Å². The highest BCUT2D eigenvalue weighted by molar-refractivity contribution is 6.33. The van der Waals surface area contributed by atoms with Crippen molar-refractivity contribution in [3.8, 4) is 22.8 Å². The van der Waals surface area contributed by atoms with Gasteiger partial charge in [0.15, 0.2) is 0 Å². The van der Waals surface area contributed by atoms with Gasteiger partial charge in [0.05, 0.1) is 10.6 Å². The second-order valence-corrected chi connectivity index (χ2v) is 6.33. The molecule has 0 saturated carbocycles. The molecule has 2 aliphatic heterocycles. The molecular weight excluding hydrogens is 322 g/mol. The van der Waals surface area contributed by atoms with Crippen LogP contribution in [-0.4, -0.2) is 28.4 Å². The number of rotatable bonds is 2. The lowest BCUT2D eigenvalue weighted by atomic mass is 9.95. The molecule has 1 aromatic heterocycles. The summed E-state index contributed by atoms with van der Waals surface area (Å²) in [5.41, 5.74) is 2.92. The summed E-state index contributed by atoms with van der Waals surface area (Å²) >= 11 is 6.50. The van der Waals surface area contributed by atoms with E-state index in [-0.39, 0.29) is 18.0 Å². The second-order valence-electron chi connectivity index (χ2n) is 5.95. The monoisotopic (exact) mass is 335 g/mol. The Hall–Kier alpha value is -2.21. The number of hydrogen-bond donors (Lipinski definition) is 1. The third kappa shape index (κ3) is 2.09. The van der Waals surface area contributed by atoms with E-state index in [1.54, 1.807) is 0 Å². The predicted molar refractivity (Wildman–Crippen MR) is 81.5 cm³/mol. The highest BCUT2D eigenvalue weighted by atomic mass is 35.5. The minimum atomic E-state index is -1.16. The van der Waals surface area contributed by atoms with Gasteiger partial charge in [0.25, 0.3) is 0 Å². The summed E-state index contributed by atoms with van der Waals surface area (Å²) in [7, 11) is 0. The molecule has 120 valence electrons. The molecule has 3 heterocycles. The molecule has 0 bridgehead atoms. The van der Waals surface area contributed by atoms with Crippen LogP contribution in [0.4, 0.5) is 0 Å². The summed E-state index contributed by atoms with van der Waals surface area (Å²) in [6.45, 7) is 3.92. The first kappa shape index (κ1) is 14.4. The summed E-state index contributed by atoms with van der Waals surface area (Å²) in [5, 5.41) is 13.5. The quantitative estimate of drug-likeness (QED) is 0.906. The number of carbonyl (C=O) groups is 1. The largest absolute Gasteiger partial charge is 0.489 e. The molecule has 0 amide bonds.